The Morgan fingerprint density at radius 3 is 2.45 bits per heavy atom. The molecule has 20 heavy (non-hydrogen) atoms. The van der Waals surface area contributed by atoms with Crippen LogP contribution in [0, 0.1) is 28.5 Å². The Morgan fingerprint density at radius 2 is 1.95 bits per heavy atom. The van der Waals surface area contributed by atoms with Gasteiger partial charge in [0.1, 0.15) is 5.82 Å². The minimum absolute atomic E-state index is 0.0528. The second-order valence-electron chi connectivity index (χ2n) is 4.85. The number of hydrogen-bond donors (Lipinski definition) is 0. The van der Waals surface area contributed by atoms with Gasteiger partial charge in [0.25, 0.3) is 0 Å². The molecule has 0 N–H and O–H groups in total. The van der Waals surface area contributed by atoms with Gasteiger partial charge in [-0.3, -0.25) is 4.90 Å². The first-order valence-corrected chi connectivity index (χ1v) is 6.77. The van der Waals surface area contributed by atoms with E-state index in [0.29, 0.717) is 24.3 Å². The molecule has 1 fully saturated rings. The quantitative estimate of drug-likeness (QED) is 0.845. The number of nitriles is 2. The number of anilines is 1. The predicted molar refractivity (Wildman–Crippen MR) is 74.6 cm³/mol. The smallest absolute Gasteiger partial charge is 0.147 e. The van der Waals surface area contributed by atoms with Gasteiger partial charge in [0.05, 0.1) is 29.4 Å². The first-order chi connectivity index (χ1) is 9.69. The number of rotatable bonds is 3. The molecule has 1 aliphatic heterocycles. The molecule has 0 aromatic heterocycles. The molecule has 0 saturated carbocycles. The molecule has 0 aliphatic carbocycles. The molecule has 1 heterocycles. The number of nitrogens with zero attached hydrogens (tertiary/aromatic N) is 4. The second kappa shape index (κ2) is 6.36. The van der Waals surface area contributed by atoms with Gasteiger partial charge in [0.2, 0.25) is 0 Å². The standard InChI is InChI=1S/C15H17FN4/c1-2-13(11-18)19-5-7-20(8-6-19)15-4-3-12(10-17)9-14(15)16/h3-4,9,13H,2,5-8H2,1H3. The maximum atomic E-state index is 14.0. The van der Waals surface area contributed by atoms with Crippen molar-refractivity contribution in [1.82, 2.24) is 4.90 Å². The summed E-state index contributed by atoms with van der Waals surface area (Å²) in [5, 5.41) is 17.8. The van der Waals surface area contributed by atoms with Gasteiger partial charge in [-0.2, -0.15) is 10.5 Å². The van der Waals surface area contributed by atoms with Gasteiger partial charge in [-0.1, -0.05) is 6.92 Å². The van der Waals surface area contributed by atoms with E-state index in [9.17, 15) is 4.39 Å². The van der Waals surface area contributed by atoms with Crippen LogP contribution >= 0.6 is 0 Å². The fourth-order valence-corrected chi connectivity index (χ4v) is 2.54. The topological polar surface area (TPSA) is 54.1 Å². The summed E-state index contributed by atoms with van der Waals surface area (Å²) >= 11 is 0. The summed E-state index contributed by atoms with van der Waals surface area (Å²) < 4.78 is 14.0. The van der Waals surface area contributed by atoms with Crippen LogP contribution in [0.4, 0.5) is 10.1 Å². The van der Waals surface area contributed by atoms with E-state index < -0.39 is 0 Å². The van der Waals surface area contributed by atoms with Crippen molar-refractivity contribution < 1.29 is 4.39 Å². The van der Waals surface area contributed by atoms with Crippen LogP contribution < -0.4 is 4.90 Å². The summed E-state index contributed by atoms with van der Waals surface area (Å²) in [6.07, 6.45) is 0.807. The molecule has 1 atom stereocenters. The van der Waals surface area contributed by atoms with E-state index in [2.05, 4.69) is 11.0 Å². The van der Waals surface area contributed by atoms with Crippen LogP contribution in [0.1, 0.15) is 18.9 Å². The van der Waals surface area contributed by atoms with Crippen LogP contribution in [0.15, 0.2) is 18.2 Å². The summed E-state index contributed by atoms with van der Waals surface area (Å²) in [6.45, 7) is 4.90. The first kappa shape index (κ1) is 14.3. The van der Waals surface area contributed by atoms with Gasteiger partial charge >= 0.3 is 0 Å². The lowest BCUT2D eigenvalue weighted by Crippen LogP contribution is -2.50. The van der Waals surface area contributed by atoms with Crippen molar-refractivity contribution >= 4 is 5.69 Å². The number of benzene rings is 1. The lowest BCUT2D eigenvalue weighted by atomic mass is 10.1. The predicted octanol–water partition coefficient (Wildman–Crippen LogP) is 2.12. The summed E-state index contributed by atoms with van der Waals surface area (Å²) in [5.41, 5.74) is 0.870. The van der Waals surface area contributed by atoms with E-state index in [1.54, 1.807) is 12.1 Å². The molecular weight excluding hydrogens is 255 g/mol. The lowest BCUT2D eigenvalue weighted by molar-refractivity contribution is 0.216. The van der Waals surface area contributed by atoms with E-state index >= 15 is 0 Å². The maximum Gasteiger partial charge on any atom is 0.147 e. The van der Waals surface area contributed by atoms with Crippen molar-refractivity contribution in [1.29, 1.82) is 10.5 Å². The van der Waals surface area contributed by atoms with Crippen molar-refractivity contribution in [2.24, 2.45) is 0 Å². The minimum atomic E-state index is -0.357. The third kappa shape index (κ3) is 2.89. The number of halogens is 1. The van der Waals surface area contributed by atoms with Crippen LogP contribution in [0.2, 0.25) is 0 Å². The fourth-order valence-electron chi connectivity index (χ4n) is 2.54. The molecule has 0 amide bonds. The first-order valence-electron chi connectivity index (χ1n) is 6.77. The van der Waals surface area contributed by atoms with E-state index in [1.165, 1.54) is 6.07 Å². The molecule has 1 aliphatic rings. The minimum Gasteiger partial charge on any atom is -0.367 e. The fraction of sp³-hybridized carbons (Fsp3) is 0.467. The Bertz CT molecular complexity index is 550. The van der Waals surface area contributed by atoms with Crippen LogP contribution in [0.3, 0.4) is 0 Å². The highest BCUT2D eigenvalue weighted by molar-refractivity contribution is 5.51. The Hall–Kier alpha value is -2.11. The zero-order chi connectivity index (χ0) is 14.5. The monoisotopic (exact) mass is 272 g/mol. The molecule has 1 aromatic rings. The molecule has 2 rings (SSSR count). The zero-order valence-electron chi connectivity index (χ0n) is 11.5. The van der Waals surface area contributed by atoms with E-state index in [4.69, 9.17) is 10.5 Å². The molecule has 1 saturated heterocycles. The van der Waals surface area contributed by atoms with Gasteiger partial charge in [-0.15, -0.1) is 0 Å². The van der Waals surface area contributed by atoms with E-state index in [1.807, 2.05) is 17.9 Å². The largest absolute Gasteiger partial charge is 0.367 e. The highest BCUT2D eigenvalue weighted by atomic mass is 19.1. The van der Waals surface area contributed by atoms with E-state index in [-0.39, 0.29) is 11.9 Å². The maximum absolute atomic E-state index is 14.0. The molecule has 1 aromatic carbocycles. The molecule has 104 valence electrons. The summed E-state index contributed by atoms with van der Waals surface area (Å²) in [4.78, 5) is 4.11. The Kier molecular flexibility index (Phi) is 4.55. The van der Waals surface area contributed by atoms with Crippen molar-refractivity contribution in [2.75, 3.05) is 31.1 Å². The summed E-state index contributed by atoms with van der Waals surface area (Å²) in [6, 6.07) is 8.74. The second-order valence-corrected chi connectivity index (χ2v) is 4.85. The van der Waals surface area contributed by atoms with Gasteiger partial charge < -0.3 is 4.90 Å². The molecule has 0 radical (unpaired) electrons. The third-order valence-corrected chi connectivity index (χ3v) is 3.71. The molecule has 5 heteroatoms. The van der Waals surface area contributed by atoms with Crippen molar-refractivity contribution in [3.05, 3.63) is 29.6 Å². The highest BCUT2D eigenvalue weighted by Gasteiger charge is 2.23. The van der Waals surface area contributed by atoms with Crippen LogP contribution in [0.25, 0.3) is 0 Å². The van der Waals surface area contributed by atoms with Crippen LogP contribution in [-0.4, -0.2) is 37.1 Å². The molecular formula is C15H17FN4. The molecule has 0 spiro atoms. The Balaban J connectivity index is 2.04. The number of piperazine rings is 1. The lowest BCUT2D eigenvalue weighted by Gasteiger charge is -2.37. The average molecular weight is 272 g/mol. The Labute approximate surface area is 118 Å². The van der Waals surface area contributed by atoms with Gasteiger partial charge in [-0.25, -0.2) is 4.39 Å². The zero-order valence-corrected chi connectivity index (χ0v) is 11.5. The highest BCUT2D eigenvalue weighted by Crippen LogP contribution is 2.22. The Morgan fingerprint density at radius 1 is 1.25 bits per heavy atom. The summed E-state index contributed by atoms with van der Waals surface area (Å²) in [7, 11) is 0. The third-order valence-electron chi connectivity index (χ3n) is 3.71. The normalized spacial score (nSPS) is 17.3. The van der Waals surface area contributed by atoms with Crippen LogP contribution in [-0.2, 0) is 0 Å². The van der Waals surface area contributed by atoms with Crippen molar-refractivity contribution in [3.63, 3.8) is 0 Å². The van der Waals surface area contributed by atoms with Gasteiger partial charge in [-0.05, 0) is 24.6 Å². The average Bonchev–Trinajstić information content (AvgIpc) is 2.49. The van der Waals surface area contributed by atoms with Crippen molar-refractivity contribution in [3.8, 4) is 12.1 Å². The molecule has 0 bridgehead atoms. The molecule has 4 nitrogen and oxygen atoms in total. The van der Waals surface area contributed by atoms with Crippen LogP contribution in [0.5, 0.6) is 0 Å². The number of hydrogen-bond acceptors (Lipinski definition) is 4. The summed E-state index contributed by atoms with van der Waals surface area (Å²) in [5.74, 6) is -0.357. The SMILES string of the molecule is CCC(C#N)N1CCN(c2ccc(C#N)cc2F)CC1. The molecule has 1 unspecified atom stereocenters. The van der Waals surface area contributed by atoms with E-state index in [0.717, 1.165) is 19.5 Å². The van der Waals surface area contributed by atoms with Crippen molar-refractivity contribution in [2.45, 2.75) is 19.4 Å². The van der Waals surface area contributed by atoms with Gasteiger partial charge in [0, 0.05) is 26.2 Å². The van der Waals surface area contributed by atoms with Gasteiger partial charge in [0.15, 0.2) is 0 Å².